The molecule has 0 aliphatic carbocycles. The average Bonchev–Trinajstić information content (AvgIpc) is 2.36. The summed E-state index contributed by atoms with van der Waals surface area (Å²) in [6, 6.07) is 5.08. The van der Waals surface area contributed by atoms with Gasteiger partial charge in [-0.25, -0.2) is 0 Å². The van der Waals surface area contributed by atoms with Gasteiger partial charge in [-0.3, -0.25) is 4.79 Å². The molecule has 0 bridgehead atoms. The number of nitrogen functional groups attached to an aromatic ring is 2. The number of anilines is 2. The van der Waals surface area contributed by atoms with Crippen LogP contribution in [0.25, 0.3) is 0 Å². The zero-order chi connectivity index (χ0) is 16.0. The van der Waals surface area contributed by atoms with Crippen molar-refractivity contribution in [3.63, 3.8) is 0 Å². The number of benzene rings is 1. The zero-order valence-corrected chi connectivity index (χ0v) is 13.7. The Morgan fingerprint density at radius 1 is 0.952 bits per heavy atom. The van der Waals surface area contributed by atoms with Crippen molar-refractivity contribution >= 4 is 17.3 Å². The fraction of sp³-hybridized carbons (Fsp3) is 0.588. The van der Waals surface area contributed by atoms with Crippen LogP contribution in [0.3, 0.4) is 0 Å². The molecule has 0 aliphatic rings. The molecule has 118 valence electrons. The Kier molecular flexibility index (Phi) is 6.53. The second-order valence-corrected chi connectivity index (χ2v) is 6.55. The van der Waals surface area contributed by atoms with Crippen LogP contribution in [0.15, 0.2) is 18.2 Å². The molecule has 0 saturated carbocycles. The number of amides is 1. The van der Waals surface area contributed by atoms with Crippen LogP contribution < -0.4 is 11.5 Å². The van der Waals surface area contributed by atoms with E-state index in [4.69, 9.17) is 11.5 Å². The molecule has 0 spiro atoms. The van der Waals surface area contributed by atoms with Gasteiger partial charge in [0.15, 0.2) is 0 Å². The van der Waals surface area contributed by atoms with Gasteiger partial charge >= 0.3 is 0 Å². The van der Waals surface area contributed by atoms with Crippen LogP contribution in [-0.4, -0.2) is 23.9 Å². The van der Waals surface area contributed by atoms with E-state index in [-0.39, 0.29) is 5.91 Å². The number of carbonyl (C=O) groups excluding carboxylic acids is 1. The first-order valence-electron chi connectivity index (χ1n) is 7.75. The highest BCUT2D eigenvalue weighted by Gasteiger charge is 2.17. The van der Waals surface area contributed by atoms with Gasteiger partial charge < -0.3 is 16.4 Å². The van der Waals surface area contributed by atoms with Gasteiger partial charge in [0.2, 0.25) is 0 Å². The first-order chi connectivity index (χ1) is 9.79. The van der Waals surface area contributed by atoms with E-state index in [1.54, 1.807) is 18.2 Å². The van der Waals surface area contributed by atoms with Crippen molar-refractivity contribution in [1.82, 2.24) is 4.90 Å². The van der Waals surface area contributed by atoms with Gasteiger partial charge in [-0.05, 0) is 42.9 Å². The van der Waals surface area contributed by atoms with Gasteiger partial charge in [-0.15, -0.1) is 0 Å². The van der Waals surface area contributed by atoms with Gasteiger partial charge in [-0.1, -0.05) is 27.7 Å². The topological polar surface area (TPSA) is 72.3 Å². The summed E-state index contributed by atoms with van der Waals surface area (Å²) in [7, 11) is 0. The highest BCUT2D eigenvalue weighted by atomic mass is 16.2. The molecule has 0 atom stereocenters. The fourth-order valence-electron chi connectivity index (χ4n) is 2.13. The predicted molar refractivity (Wildman–Crippen MR) is 90.1 cm³/mol. The summed E-state index contributed by atoms with van der Waals surface area (Å²) in [5.41, 5.74) is 13.2. The molecule has 1 aromatic rings. The normalized spacial score (nSPS) is 11.1. The van der Waals surface area contributed by atoms with Gasteiger partial charge in [0, 0.05) is 30.0 Å². The fourth-order valence-corrected chi connectivity index (χ4v) is 2.13. The van der Waals surface area contributed by atoms with Gasteiger partial charge in [0.05, 0.1) is 0 Å². The monoisotopic (exact) mass is 291 g/mol. The third-order valence-electron chi connectivity index (χ3n) is 3.46. The summed E-state index contributed by atoms with van der Waals surface area (Å²) in [5, 5.41) is 0. The van der Waals surface area contributed by atoms with Crippen molar-refractivity contribution < 1.29 is 4.79 Å². The smallest absolute Gasteiger partial charge is 0.254 e. The van der Waals surface area contributed by atoms with E-state index in [0.717, 1.165) is 25.9 Å². The summed E-state index contributed by atoms with van der Waals surface area (Å²) in [4.78, 5) is 14.6. The third kappa shape index (κ3) is 6.06. The standard InChI is InChI=1S/C17H29N3O/c1-12(2)5-7-20(8-6-13(3)4)17(21)14-9-15(18)11-16(19)10-14/h9-13H,5-8,18-19H2,1-4H3. The number of carbonyl (C=O) groups is 1. The second kappa shape index (κ2) is 7.91. The molecule has 0 saturated heterocycles. The molecule has 0 unspecified atom stereocenters. The van der Waals surface area contributed by atoms with Crippen molar-refractivity contribution in [2.24, 2.45) is 11.8 Å². The van der Waals surface area contributed by atoms with E-state index in [1.807, 2.05) is 4.90 Å². The summed E-state index contributed by atoms with van der Waals surface area (Å²) >= 11 is 0. The molecule has 4 nitrogen and oxygen atoms in total. The molecule has 0 heterocycles. The van der Waals surface area contributed by atoms with Gasteiger partial charge in [-0.2, -0.15) is 0 Å². The van der Waals surface area contributed by atoms with Gasteiger partial charge in [0.1, 0.15) is 0 Å². The van der Waals surface area contributed by atoms with E-state index in [1.165, 1.54) is 0 Å². The number of nitrogens with zero attached hydrogens (tertiary/aromatic N) is 1. The Labute approximate surface area is 128 Å². The van der Waals surface area contributed by atoms with E-state index in [9.17, 15) is 4.79 Å². The lowest BCUT2D eigenvalue weighted by Gasteiger charge is -2.25. The predicted octanol–water partition coefficient (Wildman–Crippen LogP) is 3.39. The molecular formula is C17H29N3O. The molecule has 4 N–H and O–H groups in total. The Hall–Kier alpha value is -1.71. The lowest BCUT2D eigenvalue weighted by atomic mass is 10.1. The quantitative estimate of drug-likeness (QED) is 0.756. The largest absolute Gasteiger partial charge is 0.399 e. The minimum Gasteiger partial charge on any atom is -0.399 e. The Bertz CT molecular complexity index is 437. The second-order valence-electron chi connectivity index (χ2n) is 6.55. The summed E-state index contributed by atoms with van der Waals surface area (Å²) < 4.78 is 0. The molecule has 0 fully saturated rings. The summed E-state index contributed by atoms with van der Waals surface area (Å²) in [5.74, 6) is 1.17. The number of hydrogen-bond acceptors (Lipinski definition) is 3. The lowest BCUT2D eigenvalue weighted by molar-refractivity contribution is 0.0741. The van der Waals surface area contributed by atoms with E-state index >= 15 is 0 Å². The molecule has 1 aromatic carbocycles. The molecule has 4 heteroatoms. The Morgan fingerprint density at radius 2 is 1.38 bits per heavy atom. The summed E-state index contributed by atoms with van der Waals surface area (Å²) in [6.45, 7) is 10.2. The minimum absolute atomic E-state index is 0.0234. The minimum atomic E-state index is 0.0234. The zero-order valence-electron chi connectivity index (χ0n) is 13.7. The van der Waals surface area contributed by atoms with Gasteiger partial charge in [0.25, 0.3) is 5.91 Å². The number of rotatable bonds is 7. The molecular weight excluding hydrogens is 262 g/mol. The van der Waals surface area contributed by atoms with Crippen molar-refractivity contribution in [1.29, 1.82) is 0 Å². The molecule has 1 amide bonds. The van der Waals surface area contributed by atoms with Crippen LogP contribution >= 0.6 is 0 Å². The lowest BCUT2D eigenvalue weighted by Crippen LogP contribution is -2.34. The average molecular weight is 291 g/mol. The maximum Gasteiger partial charge on any atom is 0.254 e. The van der Waals surface area contributed by atoms with Crippen molar-refractivity contribution in [3.8, 4) is 0 Å². The number of hydrogen-bond donors (Lipinski definition) is 2. The Morgan fingerprint density at radius 3 is 1.76 bits per heavy atom. The molecule has 1 rings (SSSR count). The summed E-state index contributed by atoms with van der Waals surface area (Å²) in [6.07, 6.45) is 2.00. The first-order valence-corrected chi connectivity index (χ1v) is 7.75. The van der Waals surface area contributed by atoms with Crippen molar-refractivity contribution in [2.45, 2.75) is 40.5 Å². The van der Waals surface area contributed by atoms with Crippen LogP contribution in [0.4, 0.5) is 11.4 Å². The van der Waals surface area contributed by atoms with E-state index in [2.05, 4.69) is 27.7 Å². The van der Waals surface area contributed by atoms with Crippen LogP contribution in [0, 0.1) is 11.8 Å². The van der Waals surface area contributed by atoms with E-state index < -0.39 is 0 Å². The first kappa shape index (κ1) is 17.3. The maximum absolute atomic E-state index is 12.7. The molecule has 0 aliphatic heterocycles. The van der Waals surface area contributed by atoms with Crippen LogP contribution in [0.5, 0.6) is 0 Å². The van der Waals surface area contributed by atoms with Crippen molar-refractivity contribution in [2.75, 3.05) is 24.6 Å². The maximum atomic E-state index is 12.7. The van der Waals surface area contributed by atoms with Crippen molar-refractivity contribution in [3.05, 3.63) is 23.8 Å². The van der Waals surface area contributed by atoms with Crippen LogP contribution in [-0.2, 0) is 0 Å². The molecule has 21 heavy (non-hydrogen) atoms. The van der Waals surface area contributed by atoms with E-state index in [0.29, 0.717) is 28.8 Å². The highest BCUT2D eigenvalue weighted by molar-refractivity contribution is 5.96. The number of nitrogens with two attached hydrogens (primary N) is 2. The highest BCUT2D eigenvalue weighted by Crippen LogP contribution is 2.17. The third-order valence-corrected chi connectivity index (χ3v) is 3.46. The van der Waals surface area contributed by atoms with Crippen LogP contribution in [0.2, 0.25) is 0 Å². The van der Waals surface area contributed by atoms with Crippen LogP contribution in [0.1, 0.15) is 50.9 Å². The molecule has 0 aromatic heterocycles. The molecule has 0 radical (unpaired) electrons. The Balaban J connectivity index is 2.86. The SMILES string of the molecule is CC(C)CCN(CCC(C)C)C(=O)c1cc(N)cc(N)c1.